The molecule has 0 amide bonds. The number of benzene rings is 2. The molecule has 4 nitrogen and oxygen atoms in total. The van der Waals surface area contributed by atoms with Gasteiger partial charge in [-0.05, 0) is 37.6 Å². The van der Waals surface area contributed by atoms with E-state index in [1.807, 2.05) is 0 Å². The van der Waals surface area contributed by atoms with Crippen LogP contribution in [-0.4, -0.2) is 52.3 Å². The summed E-state index contributed by atoms with van der Waals surface area (Å²) < 4.78 is 2.07. The van der Waals surface area contributed by atoms with Crippen molar-refractivity contribution in [2.75, 3.05) is 32.7 Å². The summed E-state index contributed by atoms with van der Waals surface area (Å²) in [5.74, 6) is 0. The zero-order chi connectivity index (χ0) is 19.5. The third-order valence-corrected chi connectivity index (χ3v) is 5.75. The van der Waals surface area contributed by atoms with Crippen molar-refractivity contribution in [1.82, 2.24) is 19.6 Å². The number of hydrogen-bond acceptors (Lipinski definition) is 3. The van der Waals surface area contributed by atoms with Gasteiger partial charge in [-0.1, -0.05) is 49.4 Å². The highest BCUT2D eigenvalue weighted by Crippen LogP contribution is 2.26. The van der Waals surface area contributed by atoms with E-state index in [2.05, 4.69) is 90.0 Å². The predicted molar refractivity (Wildman–Crippen MR) is 116 cm³/mol. The second-order valence-electron chi connectivity index (χ2n) is 7.81. The molecule has 1 fully saturated rings. The third-order valence-electron chi connectivity index (χ3n) is 5.75. The van der Waals surface area contributed by atoms with E-state index in [1.165, 1.54) is 27.9 Å². The standard InChI is InChI=1S/C24H30N4/c1-4-26-12-14-27(15-13-26)17-22-18-28(23-16-19(2)10-11-20(23)3)25-24(22)21-8-6-5-7-9-21/h5-11,16,18H,4,12-15,17H2,1-3H3. The molecule has 0 bridgehead atoms. The van der Waals surface area contributed by atoms with Gasteiger partial charge in [0.25, 0.3) is 0 Å². The van der Waals surface area contributed by atoms with E-state index in [0.29, 0.717) is 0 Å². The first-order valence-corrected chi connectivity index (χ1v) is 10.3. The van der Waals surface area contributed by atoms with Crippen LogP contribution in [0.5, 0.6) is 0 Å². The molecule has 1 aromatic heterocycles. The highest BCUT2D eigenvalue weighted by atomic mass is 15.3. The number of rotatable bonds is 5. The van der Waals surface area contributed by atoms with Gasteiger partial charge in [0, 0.05) is 50.0 Å². The van der Waals surface area contributed by atoms with Gasteiger partial charge in [0.15, 0.2) is 0 Å². The fraction of sp³-hybridized carbons (Fsp3) is 0.375. The molecule has 0 saturated carbocycles. The van der Waals surface area contributed by atoms with Gasteiger partial charge >= 0.3 is 0 Å². The minimum absolute atomic E-state index is 0.951. The summed E-state index contributed by atoms with van der Waals surface area (Å²) in [6, 6.07) is 17.1. The van der Waals surface area contributed by atoms with Gasteiger partial charge in [-0.3, -0.25) is 4.90 Å². The number of likely N-dealkylation sites (N-methyl/N-ethyl adjacent to an activating group) is 1. The normalized spacial score (nSPS) is 15.8. The Hall–Kier alpha value is -2.43. The van der Waals surface area contributed by atoms with Crippen LogP contribution >= 0.6 is 0 Å². The minimum atomic E-state index is 0.951. The van der Waals surface area contributed by atoms with Crippen LogP contribution in [0.2, 0.25) is 0 Å². The van der Waals surface area contributed by atoms with Gasteiger partial charge in [0.2, 0.25) is 0 Å². The lowest BCUT2D eigenvalue weighted by molar-refractivity contribution is 0.132. The lowest BCUT2D eigenvalue weighted by Crippen LogP contribution is -2.45. The van der Waals surface area contributed by atoms with Crippen LogP contribution in [0, 0.1) is 13.8 Å². The molecule has 1 saturated heterocycles. The largest absolute Gasteiger partial charge is 0.301 e. The van der Waals surface area contributed by atoms with Crippen molar-refractivity contribution in [3.8, 4) is 16.9 Å². The average Bonchev–Trinajstić information content (AvgIpc) is 3.14. The quantitative estimate of drug-likeness (QED) is 0.666. The summed E-state index contributed by atoms with van der Waals surface area (Å²) in [5, 5.41) is 5.03. The predicted octanol–water partition coefficient (Wildman–Crippen LogP) is 4.29. The minimum Gasteiger partial charge on any atom is -0.301 e. The highest BCUT2D eigenvalue weighted by Gasteiger charge is 2.19. The summed E-state index contributed by atoms with van der Waals surface area (Å²) in [7, 11) is 0. The number of nitrogens with zero attached hydrogens (tertiary/aromatic N) is 4. The van der Waals surface area contributed by atoms with Gasteiger partial charge in [-0.15, -0.1) is 0 Å². The number of aryl methyl sites for hydroxylation is 2. The lowest BCUT2D eigenvalue weighted by Gasteiger charge is -2.33. The molecular weight excluding hydrogens is 344 g/mol. The van der Waals surface area contributed by atoms with Crippen molar-refractivity contribution < 1.29 is 0 Å². The zero-order valence-corrected chi connectivity index (χ0v) is 17.2. The van der Waals surface area contributed by atoms with Gasteiger partial charge < -0.3 is 4.90 Å². The topological polar surface area (TPSA) is 24.3 Å². The Morgan fingerprint density at radius 3 is 2.32 bits per heavy atom. The summed E-state index contributed by atoms with van der Waals surface area (Å²) in [6.45, 7) is 13.2. The van der Waals surface area contributed by atoms with Crippen molar-refractivity contribution in [3.63, 3.8) is 0 Å². The molecule has 0 radical (unpaired) electrons. The van der Waals surface area contributed by atoms with Crippen LogP contribution in [0.3, 0.4) is 0 Å². The Balaban J connectivity index is 1.68. The Bertz CT molecular complexity index is 921. The number of hydrogen-bond donors (Lipinski definition) is 0. The second-order valence-corrected chi connectivity index (χ2v) is 7.81. The lowest BCUT2D eigenvalue weighted by atomic mass is 10.1. The summed E-state index contributed by atoms with van der Waals surface area (Å²) in [6.07, 6.45) is 2.23. The number of piperazine rings is 1. The third kappa shape index (κ3) is 4.03. The molecule has 1 aliphatic heterocycles. The molecule has 0 atom stereocenters. The smallest absolute Gasteiger partial charge is 0.0972 e. The molecule has 4 rings (SSSR count). The fourth-order valence-electron chi connectivity index (χ4n) is 3.96. The molecule has 146 valence electrons. The first kappa shape index (κ1) is 18.9. The van der Waals surface area contributed by atoms with Crippen LogP contribution in [0.1, 0.15) is 23.6 Å². The van der Waals surface area contributed by atoms with Crippen LogP contribution in [0.25, 0.3) is 16.9 Å². The van der Waals surface area contributed by atoms with E-state index < -0.39 is 0 Å². The first-order chi connectivity index (χ1) is 13.6. The Morgan fingerprint density at radius 2 is 1.61 bits per heavy atom. The Labute approximate surface area is 168 Å². The maximum Gasteiger partial charge on any atom is 0.0972 e. The van der Waals surface area contributed by atoms with E-state index >= 15 is 0 Å². The van der Waals surface area contributed by atoms with E-state index in [-0.39, 0.29) is 0 Å². The molecule has 0 spiro atoms. The molecule has 3 aromatic rings. The summed E-state index contributed by atoms with van der Waals surface area (Å²) in [4.78, 5) is 5.08. The molecule has 0 N–H and O–H groups in total. The SMILES string of the molecule is CCN1CCN(Cc2cn(-c3cc(C)ccc3C)nc2-c2ccccc2)CC1. The summed E-state index contributed by atoms with van der Waals surface area (Å²) >= 11 is 0. The molecule has 0 unspecified atom stereocenters. The first-order valence-electron chi connectivity index (χ1n) is 10.3. The van der Waals surface area contributed by atoms with Crippen LogP contribution in [-0.2, 0) is 6.54 Å². The van der Waals surface area contributed by atoms with Crippen molar-refractivity contribution in [2.24, 2.45) is 0 Å². The zero-order valence-electron chi connectivity index (χ0n) is 17.2. The molecule has 0 aliphatic carbocycles. The Kier molecular flexibility index (Phi) is 5.60. The van der Waals surface area contributed by atoms with Gasteiger partial charge in [0.1, 0.15) is 0 Å². The van der Waals surface area contributed by atoms with E-state index in [1.54, 1.807) is 0 Å². The van der Waals surface area contributed by atoms with Gasteiger partial charge in [-0.2, -0.15) is 5.10 Å². The molecule has 2 aromatic carbocycles. The van der Waals surface area contributed by atoms with Crippen molar-refractivity contribution in [3.05, 3.63) is 71.4 Å². The average molecular weight is 375 g/mol. The van der Waals surface area contributed by atoms with Crippen molar-refractivity contribution in [2.45, 2.75) is 27.3 Å². The van der Waals surface area contributed by atoms with Crippen LogP contribution < -0.4 is 0 Å². The van der Waals surface area contributed by atoms with Crippen LogP contribution in [0.15, 0.2) is 54.7 Å². The second kappa shape index (κ2) is 8.29. The van der Waals surface area contributed by atoms with Crippen LogP contribution in [0.4, 0.5) is 0 Å². The van der Waals surface area contributed by atoms with E-state index in [0.717, 1.165) is 45.0 Å². The maximum atomic E-state index is 5.03. The summed E-state index contributed by atoms with van der Waals surface area (Å²) in [5.41, 5.74) is 7.26. The fourth-order valence-corrected chi connectivity index (χ4v) is 3.96. The molecule has 4 heteroatoms. The van der Waals surface area contributed by atoms with Gasteiger partial charge in [-0.25, -0.2) is 4.68 Å². The highest BCUT2D eigenvalue weighted by molar-refractivity contribution is 5.63. The van der Waals surface area contributed by atoms with Gasteiger partial charge in [0.05, 0.1) is 11.4 Å². The van der Waals surface area contributed by atoms with E-state index in [9.17, 15) is 0 Å². The monoisotopic (exact) mass is 374 g/mol. The maximum absolute atomic E-state index is 5.03. The molecule has 28 heavy (non-hydrogen) atoms. The molecule has 2 heterocycles. The Morgan fingerprint density at radius 1 is 0.893 bits per heavy atom. The number of aromatic nitrogens is 2. The molecule has 1 aliphatic rings. The van der Waals surface area contributed by atoms with Crippen molar-refractivity contribution in [1.29, 1.82) is 0 Å². The van der Waals surface area contributed by atoms with E-state index in [4.69, 9.17) is 5.10 Å². The molecular formula is C24H30N4. The van der Waals surface area contributed by atoms with Crippen molar-refractivity contribution >= 4 is 0 Å².